The molecule has 17 heavy (non-hydrogen) atoms. The van der Waals surface area contributed by atoms with Crippen LogP contribution in [-0.2, 0) is 0 Å². The molecule has 0 bridgehead atoms. The van der Waals surface area contributed by atoms with Gasteiger partial charge in [0.05, 0.1) is 11.9 Å². The first-order valence-electron chi connectivity index (χ1n) is 5.22. The van der Waals surface area contributed by atoms with Gasteiger partial charge in [-0.25, -0.2) is 4.68 Å². The van der Waals surface area contributed by atoms with Crippen molar-refractivity contribution in [2.75, 3.05) is 0 Å². The highest BCUT2D eigenvalue weighted by molar-refractivity contribution is 6.00. The van der Waals surface area contributed by atoms with E-state index in [1.54, 1.807) is 10.9 Å². The molecule has 0 atom stereocenters. The lowest BCUT2D eigenvalue weighted by atomic mass is 10.1. The van der Waals surface area contributed by atoms with E-state index in [0.29, 0.717) is 5.56 Å². The second-order valence-corrected chi connectivity index (χ2v) is 3.97. The predicted octanol–water partition coefficient (Wildman–Crippen LogP) is 1.58. The van der Waals surface area contributed by atoms with Crippen molar-refractivity contribution in [3.8, 4) is 5.69 Å². The summed E-state index contributed by atoms with van der Waals surface area (Å²) >= 11 is 0. The maximum atomic E-state index is 8.79. The van der Waals surface area contributed by atoms with Crippen LogP contribution in [0.3, 0.4) is 0 Å². The molecule has 0 aliphatic rings. The van der Waals surface area contributed by atoms with Gasteiger partial charge in [-0.15, -0.1) is 0 Å². The van der Waals surface area contributed by atoms with Crippen LogP contribution in [0.1, 0.15) is 16.7 Å². The molecule has 0 saturated carbocycles. The molecule has 0 unspecified atom stereocenters. The summed E-state index contributed by atoms with van der Waals surface area (Å²) in [6.07, 6.45) is 3.65. The number of benzene rings is 1. The molecule has 1 heterocycles. The second kappa shape index (κ2) is 4.29. The van der Waals surface area contributed by atoms with Gasteiger partial charge in [-0.2, -0.15) is 5.10 Å². The van der Waals surface area contributed by atoms with Gasteiger partial charge in [0.15, 0.2) is 5.84 Å². The molecule has 0 fully saturated rings. The van der Waals surface area contributed by atoms with E-state index in [2.05, 4.69) is 10.3 Å². The molecule has 2 rings (SSSR count). The van der Waals surface area contributed by atoms with Crippen molar-refractivity contribution in [2.24, 2.45) is 10.9 Å². The second-order valence-electron chi connectivity index (χ2n) is 3.97. The van der Waals surface area contributed by atoms with Crippen LogP contribution in [0, 0.1) is 13.8 Å². The third-order valence-electron chi connectivity index (χ3n) is 2.49. The minimum atomic E-state index is 0.0804. The molecule has 0 spiro atoms. The van der Waals surface area contributed by atoms with Crippen LogP contribution in [0.2, 0.25) is 0 Å². The number of rotatable bonds is 2. The Hall–Kier alpha value is -2.30. The van der Waals surface area contributed by atoms with Crippen LogP contribution in [0.25, 0.3) is 5.69 Å². The van der Waals surface area contributed by atoms with Crippen LogP contribution >= 0.6 is 0 Å². The normalized spacial score (nSPS) is 11.8. The summed E-state index contributed by atoms with van der Waals surface area (Å²) in [5, 5.41) is 16.1. The number of aryl methyl sites for hydroxylation is 2. The molecule has 0 aliphatic carbocycles. The lowest BCUT2D eigenvalue weighted by Gasteiger charge is -2.09. The SMILES string of the molecule is Cc1ccc(-n2cc(C)cn2)c(/C(N)=N/O)c1. The zero-order valence-corrected chi connectivity index (χ0v) is 9.75. The summed E-state index contributed by atoms with van der Waals surface area (Å²) < 4.78 is 1.71. The minimum Gasteiger partial charge on any atom is -0.409 e. The first-order valence-corrected chi connectivity index (χ1v) is 5.22. The summed E-state index contributed by atoms with van der Waals surface area (Å²) in [6.45, 7) is 3.91. The van der Waals surface area contributed by atoms with Crippen LogP contribution < -0.4 is 5.73 Å². The molecular formula is C12H14N4O. The zero-order valence-electron chi connectivity index (χ0n) is 9.75. The highest BCUT2D eigenvalue weighted by Crippen LogP contribution is 2.16. The van der Waals surface area contributed by atoms with Crippen molar-refractivity contribution in [3.05, 3.63) is 47.3 Å². The van der Waals surface area contributed by atoms with E-state index in [1.807, 2.05) is 38.2 Å². The Morgan fingerprint density at radius 3 is 2.71 bits per heavy atom. The van der Waals surface area contributed by atoms with E-state index in [4.69, 9.17) is 10.9 Å². The molecule has 88 valence electrons. The molecule has 5 nitrogen and oxygen atoms in total. The van der Waals surface area contributed by atoms with Crippen LogP contribution in [-0.4, -0.2) is 20.8 Å². The monoisotopic (exact) mass is 230 g/mol. The fourth-order valence-corrected chi connectivity index (χ4v) is 1.65. The molecule has 1 aromatic heterocycles. The third kappa shape index (κ3) is 2.13. The average molecular weight is 230 g/mol. The number of amidine groups is 1. The molecule has 1 aromatic carbocycles. The Labute approximate surface area is 99.2 Å². The summed E-state index contributed by atoms with van der Waals surface area (Å²) in [7, 11) is 0. The van der Waals surface area contributed by atoms with Gasteiger partial charge >= 0.3 is 0 Å². The van der Waals surface area contributed by atoms with Crippen molar-refractivity contribution in [1.29, 1.82) is 0 Å². The zero-order chi connectivity index (χ0) is 12.4. The van der Waals surface area contributed by atoms with Crippen molar-refractivity contribution >= 4 is 5.84 Å². The first-order chi connectivity index (χ1) is 8.11. The maximum absolute atomic E-state index is 8.79. The molecule has 2 aromatic rings. The van der Waals surface area contributed by atoms with Crippen molar-refractivity contribution in [2.45, 2.75) is 13.8 Å². The lowest BCUT2D eigenvalue weighted by Crippen LogP contribution is -2.16. The van der Waals surface area contributed by atoms with Gasteiger partial charge in [-0.05, 0) is 31.5 Å². The lowest BCUT2D eigenvalue weighted by molar-refractivity contribution is 0.318. The molecule has 3 N–H and O–H groups in total. The van der Waals surface area contributed by atoms with Gasteiger partial charge in [0.1, 0.15) is 0 Å². The quantitative estimate of drug-likeness (QED) is 0.356. The van der Waals surface area contributed by atoms with Gasteiger partial charge in [0, 0.05) is 11.8 Å². The van der Waals surface area contributed by atoms with E-state index in [1.165, 1.54) is 0 Å². The number of nitrogens with two attached hydrogens (primary N) is 1. The van der Waals surface area contributed by atoms with Crippen LogP contribution in [0.5, 0.6) is 0 Å². The third-order valence-corrected chi connectivity index (χ3v) is 2.49. The van der Waals surface area contributed by atoms with Gasteiger partial charge in [-0.1, -0.05) is 16.8 Å². The Kier molecular flexibility index (Phi) is 2.82. The summed E-state index contributed by atoms with van der Waals surface area (Å²) in [5.41, 5.74) is 9.21. The smallest absolute Gasteiger partial charge is 0.172 e. The summed E-state index contributed by atoms with van der Waals surface area (Å²) in [5.74, 6) is 0.0804. The fourth-order valence-electron chi connectivity index (χ4n) is 1.65. The molecule has 0 amide bonds. The number of aromatic nitrogens is 2. The highest BCUT2D eigenvalue weighted by atomic mass is 16.4. The topological polar surface area (TPSA) is 76.4 Å². The number of nitrogens with zero attached hydrogens (tertiary/aromatic N) is 3. The number of hydrogen-bond acceptors (Lipinski definition) is 3. The van der Waals surface area contributed by atoms with Crippen molar-refractivity contribution in [1.82, 2.24) is 9.78 Å². The van der Waals surface area contributed by atoms with Crippen molar-refractivity contribution < 1.29 is 5.21 Å². The fraction of sp³-hybridized carbons (Fsp3) is 0.167. The average Bonchev–Trinajstić information content (AvgIpc) is 2.74. The number of oxime groups is 1. The van der Waals surface area contributed by atoms with Gasteiger partial charge in [-0.3, -0.25) is 0 Å². The minimum absolute atomic E-state index is 0.0804. The summed E-state index contributed by atoms with van der Waals surface area (Å²) in [4.78, 5) is 0. The Morgan fingerprint density at radius 1 is 1.35 bits per heavy atom. The molecule has 0 aliphatic heterocycles. The van der Waals surface area contributed by atoms with E-state index in [9.17, 15) is 0 Å². The van der Waals surface area contributed by atoms with E-state index in [-0.39, 0.29) is 5.84 Å². The molecule has 0 radical (unpaired) electrons. The standard InChI is InChI=1S/C12H14N4O/c1-8-3-4-11(10(5-8)12(13)15-17)16-7-9(2)6-14-16/h3-7,17H,1-2H3,(H2,13,15). The Morgan fingerprint density at radius 2 is 2.12 bits per heavy atom. The van der Waals surface area contributed by atoms with Crippen LogP contribution in [0.15, 0.2) is 35.7 Å². The molecule has 5 heteroatoms. The Balaban J connectivity index is 2.61. The van der Waals surface area contributed by atoms with Crippen molar-refractivity contribution in [3.63, 3.8) is 0 Å². The first kappa shape index (κ1) is 11.2. The highest BCUT2D eigenvalue weighted by Gasteiger charge is 2.09. The molecule has 0 saturated heterocycles. The van der Waals surface area contributed by atoms with Crippen LogP contribution in [0.4, 0.5) is 0 Å². The molecular weight excluding hydrogens is 216 g/mol. The predicted molar refractivity (Wildman–Crippen MR) is 65.5 cm³/mol. The maximum Gasteiger partial charge on any atom is 0.172 e. The summed E-state index contributed by atoms with van der Waals surface area (Å²) in [6, 6.07) is 5.72. The largest absolute Gasteiger partial charge is 0.409 e. The number of hydrogen-bond donors (Lipinski definition) is 2. The van der Waals surface area contributed by atoms with Gasteiger partial charge < -0.3 is 10.9 Å². The van der Waals surface area contributed by atoms with Gasteiger partial charge in [0.25, 0.3) is 0 Å². The van der Waals surface area contributed by atoms with E-state index >= 15 is 0 Å². The Bertz CT molecular complexity index is 572. The van der Waals surface area contributed by atoms with E-state index < -0.39 is 0 Å². The van der Waals surface area contributed by atoms with E-state index in [0.717, 1.165) is 16.8 Å². The van der Waals surface area contributed by atoms with Gasteiger partial charge in [0.2, 0.25) is 0 Å².